The number of hydrogen-bond donors (Lipinski definition) is 3. The molecule has 3 N–H and O–H groups in total. The van der Waals surface area contributed by atoms with Crippen molar-refractivity contribution in [2.24, 2.45) is 5.92 Å². The van der Waals surface area contributed by atoms with Gasteiger partial charge in [0, 0.05) is 18.6 Å². The molecule has 1 unspecified atom stereocenters. The molecule has 1 aromatic heterocycles. The predicted octanol–water partition coefficient (Wildman–Crippen LogP) is 3.36. The van der Waals surface area contributed by atoms with Crippen molar-refractivity contribution in [1.29, 1.82) is 0 Å². The fraction of sp³-hybridized carbons (Fsp3) is 0.800. The zero-order valence-electron chi connectivity index (χ0n) is 16.9. The minimum Gasteiger partial charge on any atom is -0.467 e. The van der Waals surface area contributed by atoms with E-state index in [0.29, 0.717) is 23.2 Å². The highest BCUT2D eigenvalue weighted by Gasteiger charge is 2.16. The maximum absolute atomic E-state index is 12.2. The number of β-amino-alcohol motifs (C(OH)–C–C–N with tert-alkyl or cyclic N) is 1. The quantitative estimate of drug-likeness (QED) is 0.499. The van der Waals surface area contributed by atoms with Crippen LogP contribution in [0.5, 0.6) is 5.19 Å². The van der Waals surface area contributed by atoms with Gasteiger partial charge < -0.3 is 20.5 Å². The molecule has 2 rings (SSSR count). The summed E-state index contributed by atoms with van der Waals surface area (Å²) in [5.74, 6) is 0.814. The van der Waals surface area contributed by atoms with Crippen molar-refractivity contribution in [3.05, 3.63) is 11.1 Å². The van der Waals surface area contributed by atoms with Crippen molar-refractivity contribution in [2.75, 3.05) is 19.7 Å². The van der Waals surface area contributed by atoms with E-state index >= 15 is 0 Å². The summed E-state index contributed by atoms with van der Waals surface area (Å²) in [7, 11) is 0. The van der Waals surface area contributed by atoms with E-state index in [4.69, 9.17) is 4.74 Å². The Morgan fingerprint density at radius 1 is 1.37 bits per heavy atom. The first kappa shape index (κ1) is 22.1. The average Bonchev–Trinajstić information content (AvgIpc) is 3.28. The molecule has 0 spiro atoms. The lowest BCUT2D eigenvalue weighted by atomic mass is 10.0. The second kappa shape index (κ2) is 11.0. The lowest BCUT2D eigenvalue weighted by Crippen LogP contribution is -2.42. The number of nitrogens with one attached hydrogen (secondary N) is 2. The van der Waals surface area contributed by atoms with Crippen molar-refractivity contribution in [3.63, 3.8) is 0 Å². The third-order valence-electron chi connectivity index (χ3n) is 4.77. The number of carbonyl (C=O) groups excluding carboxylic acids is 1. The Labute approximate surface area is 167 Å². The van der Waals surface area contributed by atoms with Crippen molar-refractivity contribution >= 4 is 17.2 Å². The molecule has 1 saturated carbocycles. The molecule has 1 atom stereocenters. The molecule has 0 aliphatic heterocycles. The summed E-state index contributed by atoms with van der Waals surface area (Å²) >= 11 is 1.21. The maximum atomic E-state index is 12.2. The second-order valence-corrected chi connectivity index (χ2v) is 9.48. The normalized spacial score (nSPS) is 16.4. The predicted molar refractivity (Wildman–Crippen MR) is 110 cm³/mol. The molecule has 0 bridgehead atoms. The van der Waals surface area contributed by atoms with Gasteiger partial charge in [0.05, 0.1) is 6.20 Å². The van der Waals surface area contributed by atoms with E-state index in [1.54, 1.807) is 0 Å². The van der Waals surface area contributed by atoms with Crippen LogP contribution in [0.1, 0.15) is 75.4 Å². The highest BCUT2D eigenvalue weighted by Crippen LogP contribution is 2.28. The Morgan fingerprint density at radius 2 is 2.11 bits per heavy atom. The number of rotatable bonds is 11. The first-order chi connectivity index (χ1) is 12.8. The number of thiazole rings is 1. The van der Waals surface area contributed by atoms with Gasteiger partial charge in [-0.15, -0.1) is 0 Å². The van der Waals surface area contributed by atoms with Gasteiger partial charge in [0.1, 0.15) is 17.6 Å². The van der Waals surface area contributed by atoms with Crippen LogP contribution in [0.3, 0.4) is 0 Å². The van der Waals surface area contributed by atoms with Gasteiger partial charge in [-0.2, -0.15) is 0 Å². The summed E-state index contributed by atoms with van der Waals surface area (Å²) in [6, 6.07) is 0. The Morgan fingerprint density at radius 3 is 2.81 bits per heavy atom. The number of nitrogens with zero attached hydrogens (tertiary/aromatic N) is 1. The zero-order chi connectivity index (χ0) is 19.7. The van der Waals surface area contributed by atoms with Crippen LogP contribution < -0.4 is 15.4 Å². The highest BCUT2D eigenvalue weighted by atomic mass is 32.1. The number of hydrogen-bond acceptors (Lipinski definition) is 6. The van der Waals surface area contributed by atoms with Gasteiger partial charge in [-0.05, 0) is 33.1 Å². The van der Waals surface area contributed by atoms with Crippen LogP contribution in [0, 0.1) is 5.92 Å². The van der Waals surface area contributed by atoms with Crippen LogP contribution >= 0.6 is 11.3 Å². The number of unbranched alkanes of at least 4 members (excludes halogenated alkanes) is 1. The standard InChI is InChI=1S/C20H35N3O3S/c1-20(2,3)23-12-16(24)14-26-19-22-13-17(27-19)18(25)21-11-7-6-10-15-8-4-5-9-15/h13,15-16,23-24H,4-12,14H2,1-3H3,(H,21,25). The first-order valence-electron chi connectivity index (χ1n) is 10.1. The third kappa shape index (κ3) is 9.04. The van der Waals surface area contributed by atoms with Crippen LogP contribution in [0.25, 0.3) is 0 Å². The molecular weight excluding hydrogens is 362 g/mol. The average molecular weight is 398 g/mol. The minimum atomic E-state index is -0.620. The van der Waals surface area contributed by atoms with E-state index in [9.17, 15) is 9.90 Å². The molecule has 154 valence electrons. The van der Waals surface area contributed by atoms with Crippen LogP contribution in [-0.4, -0.2) is 47.3 Å². The molecule has 0 radical (unpaired) electrons. The van der Waals surface area contributed by atoms with Crippen LogP contribution in [-0.2, 0) is 0 Å². The molecular formula is C20H35N3O3S. The van der Waals surface area contributed by atoms with Gasteiger partial charge in [0.2, 0.25) is 0 Å². The number of aromatic nitrogens is 1. The molecule has 7 heteroatoms. The second-order valence-electron chi connectivity index (χ2n) is 8.49. The summed E-state index contributed by atoms with van der Waals surface area (Å²) < 4.78 is 5.50. The van der Waals surface area contributed by atoms with E-state index in [2.05, 4.69) is 15.6 Å². The number of aliphatic hydroxyl groups excluding tert-OH is 1. The fourth-order valence-corrected chi connectivity index (χ4v) is 3.92. The SMILES string of the molecule is CC(C)(C)NCC(O)COc1ncc(C(=O)NCCCCC2CCCC2)s1. The van der Waals surface area contributed by atoms with Gasteiger partial charge in [0.25, 0.3) is 11.1 Å². The van der Waals surface area contributed by atoms with Crippen molar-refractivity contribution in [1.82, 2.24) is 15.6 Å². The molecule has 1 aromatic rings. The summed E-state index contributed by atoms with van der Waals surface area (Å²) in [5.41, 5.74) is -0.0511. The molecule has 1 heterocycles. The molecule has 0 saturated heterocycles. The molecule has 1 aliphatic carbocycles. The van der Waals surface area contributed by atoms with E-state index in [1.807, 2.05) is 20.8 Å². The molecule has 1 fully saturated rings. The van der Waals surface area contributed by atoms with Gasteiger partial charge in [-0.3, -0.25) is 4.79 Å². The summed E-state index contributed by atoms with van der Waals surface area (Å²) in [5, 5.41) is 16.5. The van der Waals surface area contributed by atoms with E-state index in [1.165, 1.54) is 56.1 Å². The minimum absolute atomic E-state index is 0.0511. The van der Waals surface area contributed by atoms with Crippen molar-refractivity contribution in [2.45, 2.75) is 77.4 Å². The molecule has 0 aromatic carbocycles. The van der Waals surface area contributed by atoms with Crippen LogP contribution in [0.4, 0.5) is 0 Å². The van der Waals surface area contributed by atoms with Crippen LogP contribution in [0.2, 0.25) is 0 Å². The maximum Gasteiger partial charge on any atom is 0.273 e. The molecule has 1 amide bonds. The number of ether oxygens (including phenoxy) is 1. The highest BCUT2D eigenvalue weighted by molar-refractivity contribution is 7.15. The Balaban J connectivity index is 1.60. The summed E-state index contributed by atoms with van der Waals surface area (Å²) in [6.45, 7) is 7.43. The summed E-state index contributed by atoms with van der Waals surface area (Å²) in [4.78, 5) is 16.8. The fourth-order valence-electron chi connectivity index (χ4n) is 3.23. The van der Waals surface area contributed by atoms with Gasteiger partial charge in [0.15, 0.2) is 0 Å². The lowest BCUT2D eigenvalue weighted by Gasteiger charge is -2.22. The Hall–Kier alpha value is -1.18. The Bertz CT molecular complexity index is 565. The lowest BCUT2D eigenvalue weighted by molar-refractivity contribution is 0.0956. The first-order valence-corrected chi connectivity index (χ1v) is 10.9. The number of amides is 1. The van der Waals surface area contributed by atoms with Crippen molar-refractivity contribution < 1.29 is 14.6 Å². The number of carbonyl (C=O) groups is 1. The van der Waals surface area contributed by atoms with E-state index in [-0.39, 0.29) is 18.1 Å². The van der Waals surface area contributed by atoms with E-state index < -0.39 is 6.10 Å². The largest absolute Gasteiger partial charge is 0.467 e. The molecule has 6 nitrogen and oxygen atoms in total. The third-order valence-corrected chi connectivity index (χ3v) is 5.68. The van der Waals surface area contributed by atoms with Crippen molar-refractivity contribution in [3.8, 4) is 5.19 Å². The molecule has 27 heavy (non-hydrogen) atoms. The summed E-state index contributed by atoms with van der Waals surface area (Å²) in [6.07, 6.45) is 9.97. The molecule has 1 aliphatic rings. The van der Waals surface area contributed by atoms with Crippen LogP contribution in [0.15, 0.2) is 6.20 Å². The Kier molecular flexibility index (Phi) is 8.99. The zero-order valence-corrected chi connectivity index (χ0v) is 17.7. The topological polar surface area (TPSA) is 83.5 Å². The van der Waals surface area contributed by atoms with Gasteiger partial charge >= 0.3 is 0 Å². The smallest absolute Gasteiger partial charge is 0.273 e. The number of aliphatic hydroxyl groups is 1. The monoisotopic (exact) mass is 397 g/mol. The van der Waals surface area contributed by atoms with Gasteiger partial charge in [-0.1, -0.05) is 49.9 Å². The van der Waals surface area contributed by atoms with Gasteiger partial charge in [-0.25, -0.2) is 4.98 Å². The van der Waals surface area contributed by atoms with E-state index in [0.717, 1.165) is 12.3 Å².